The maximum absolute atomic E-state index is 12.3. The van der Waals surface area contributed by atoms with Crippen molar-refractivity contribution in [2.24, 2.45) is 5.41 Å². The van der Waals surface area contributed by atoms with Gasteiger partial charge in [-0.25, -0.2) is 0 Å². The van der Waals surface area contributed by atoms with Crippen LogP contribution in [-0.4, -0.2) is 25.7 Å². The Bertz CT molecular complexity index is 446. The number of carbonyl (C=O) groups excluding carboxylic acids is 1. The molecule has 0 spiro atoms. The highest BCUT2D eigenvalue weighted by atomic mass is 16.5. The molecule has 0 aromatic heterocycles. The Labute approximate surface area is 100 Å². The van der Waals surface area contributed by atoms with Crippen LogP contribution < -0.4 is 4.90 Å². The summed E-state index contributed by atoms with van der Waals surface area (Å²) < 4.78 is 5.01. The van der Waals surface area contributed by atoms with Crippen LogP contribution in [0.15, 0.2) is 30.3 Å². The fraction of sp³-hybridized carbons (Fsp3) is 0.385. The third-order valence-corrected chi connectivity index (χ3v) is 2.95. The molecule has 0 bridgehead atoms. The first kappa shape index (κ1) is 11.6. The van der Waals surface area contributed by atoms with Gasteiger partial charge in [-0.05, 0) is 19.1 Å². The van der Waals surface area contributed by atoms with E-state index in [9.17, 15) is 4.79 Å². The number of benzene rings is 1. The van der Waals surface area contributed by atoms with Crippen LogP contribution in [0, 0.1) is 16.7 Å². The maximum Gasteiger partial charge on any atom is 0.252 e. The number of rotatable bonds is 3. The van der Waals surface area contributed by atoms with Crippen molar-refractivity contribution in [2.45, 2.75) is 6.92 Å². The van der Waals surface area contributed by atoms with Crippen LogP contribution in [0.4, 0.5) is 5.69 Å². The van der Waals surface area contributed by atoms with Gasteiger partial charge in [-0.3, -0.25) is 4.79 Å². The van der Waals surface area contributed by atoms with E-state index >= 15 is 0 Å². The molecule has 0 saturated carbocycles. The molecule has 1 amide bonds. The quantitative estimate of drug-likeness (QED) is 0.792. The van der Waals surface area contributed by atoms with Gasteiger partial charge >= 0.3 is 0 Å². The van der Waals surface area contributed by atoms with Crippen LogP contribution in [0.5, 0.6) is 0 Å². The average Bonchev–Trinajstić information content (AvgIpc) is 2.31. The largest absolute Gasteiger partial charge is 0.377 e. The summed E-state index contributed by atoms with van der Waals surface area (Å²) in [5.74, 6) is -0.167. The molecule has 88 valence electrons. The molecule has 1 saturated heterocycles. The number of para-hydroxylation sites is 1. The van der Waals surface area contributed by atoms with E-state index in [-0.39, 0.29) is 19.1 Å². The van der Waals surface area contributed by atoms with E-state index in [0.29, 0.717) is 6.54 Å². The second-order valence-electron chi connectivity index (χ2n) is 4.07. The molecule has 0 N–H and O–H groups in total. The van der Waals surface area contributed by atoms with Crippen LogP contribution >= 0.6 is 0 Å². The zero-order chi connectivity index (χ0) is 12.3. The van der Waals surface area contributed by atoms with Crippen molar-refractivity contribution in [3.63, 3.8) is 0 Å². The van der Waals surface area contributed by atoms with E-state index in [1.54, 1.807) is 4.90 Å². The first-order valence-corrected chi connectivity index (χ1v) is 5.59. The summed E-state index contributed by atoms with van der Waals surface area (Å²) in [6, 6.07) is 11.5. The Morgan fingerprint density at radius 2 is 2.12 bits per heavy atom. The Morgan fingerprint density at radius 3 is 2.53 bits per heavy atom. The zero-order valence-corrected chi connectivity index (χ0v) is 9.72. The SMILES string of the molecule is CCN(C(=O)C1(C#N)COC1)c1ccccc1. The number of ether oxygens (including phenoxy) is 1. The summed E-state index contributed by atoms with van der Waals surface area (Å²) in [7, 11) is 0. The second kappa shape index (κ2) is 4.56. The predicted octanol–water partition coefficient (Wildman–Crippen LogP) is 1.58. The van der Waals surface area contributed by atoms with Crippen molar-refractivity contribution in [3.8, 4) is 6.07 Å². The standard InChI is InChI=1S/C13H14N2O2/c1-2-15(11-6-4-3-5-7-11)12(16)13(8-14)9-17-10-13/h3-7H,2,9-10H2,1H3. The summed E-state index contributed by atoms with van der Waals surface area (Å²) in [4.78, 5) is 14.0. The van der Waals surface area contributed by atoms with Crippen molar-refractivity contribution in [1.82, 2.24) is 0 Å². The molecule has 1 aliphatic rings. The molecule has 17 heavy (non-hydrogen) atoms. The lowest BCUT2D eigenvalue weighted by atomic mass is 9.86. The monoisotopic (exact) mass is 230 g/mol. The molecule has 0 aliphatic carbocycles. The average molecular weight is 230 g/mol. The molecular formula is C13H14N2O2. The molecule has 0 atom stereocenters. The summed E-state index contributed by atoms with van der Waals surface area (Å²) in [5.41, 5.74) is -0.159. The number of nitrogens with zero attached hydrogens (tertiary/aromatic N) is 2. The lowest BCUT2D eigenvalue weighted by Gasteiger charge is -2.37. The van der Waals surface area contributed by atoms with Gasteiger partial charge in [0.1, 0.15) is 0 Å². The van der Waals surface area contributed by atoms with Crippen LogP contribution in [0.2, 0.25) is 0 Å². The molecule has 1 fully saturated rings. The first-order chi connectivity index (χ1) is 8.23. The molecule has 1 heterocycles. The van der Waals surface area contributed by atoms with Crippen LogP contribution in [0.3, 0.4) is 0 Å². The third-order valence-electron chi connectivity index (χ3n) is 2.95. The molecule has 0 radical (unpaired) electrons. The van der Waals surface area contributed by atoms with E-state index in [2.05, 4.69) is 6.07 Å². The summed E-state index contributed by atoms with van der Waals surface area (Å²) in [6.45, 7) is 2.85. The van der Waals surface area contributed by atoms with Gasteiger partial charge in [0, 0.05) is 12.2 Å². The minimum absolute atomic E-state index is 0.167. The fourth-order valence-electron chi connectivity index (χ4n) is 1.85. The number of hydrogen-bond acceptors (Lipinski definition) is 3. The first-order valence-electron chi connectivity index (χ1n) is 5.59. The predicted molar refractivity (Wildman–Crippen MR) is 63.3 cm³/mol. The van der Waals surface area contributed by atoms with E-state index in [1.807, 2.05) is 37.3 Å². The van der Waals surface area contributed by atoms with Crippen molar-refractivity contribution >= 4 is 11.6 Å². The lowest BCUT2D eigenvalue weighted by molar-refractivity contribution is -0.147. The topological polar surface area (TPSA) is 53.3 Å². The minimum atomic E-state index is -0.980. The van der Waals surface area contributed by atoms with Crippen molar-refractivity contribution in [3.05, 3.63) is 30.3 Å². The Morgan fingerprint density at radius 1 is 1.47 bits per heavy atom. The molecule has 0 unspecified atom stereocenters. The normalized spacial score (nSPS) is 16.7. The summed E-state index contributed by atoms with van der Waals surface area (Å²) in [6.07, 6.45) is 0. The van der Waals surface area contributed by atoms with Gasteiger partial charge in [0.2, 0.25) is 0 Å². The van der Waals surface area contributed by atoms with Crippen molar-refractivity contribution < 1.29 is 9.53 Å². The second-order valence-corrected chi connectivity index (χ2v) is 4.07. The molecule has 4 heteroatoms. The lowest BCUT2D eigenvalue weighted by Crippen LogP contribution is -2.54. The summed E-state index contributed by atoms with van der Waals surface area (Å²) >= 11 is 0. The van der Waals surface area contributed by atoms with Gasteiger partial charge in [0.25, 0.3) is 5.91 Å². The highest BCUT2D eigenvalue weighted by Gasteiger charge is 2.48. The molecule has 1 aromatic carbocycles. The Hall–Kier alpha value is -1.86. The van der Waals surface area contributed by atoms with Crippen LogP contribution in [0.25, 0.3) is 0 Å². The Kier molecular flexibility index (Phi) is 3.12. The van der Waals surface area contributed by atoms with Gasteiger partial charge in [-0.1, -0.05) is 18.2 Å². The van der Waals surface area contributed by atoms with E-state index in [1.165, 1.54) is 0 Å². The van der Waals surface area contributed by atoms with Gasteiger partial charge in [0.15, 0.2) is 5.41 Å². The molecule has 1 aliphatic heterocycles. The molecular weight excluding hydrogens is 216 g/mol. The van der Waals surface area contributed by atoms with Gasteiger partial charge in [-0.15, -0.1) is 0 Å². The van der Waals surface area contributed by atoms with Crippen LogP contribution in [-0.2, 0) is 9.53 Å². The maximum atomic E-state index is 12.3. The molecule has 2 rings (SSSR count). The third kappa shape index (κ3) is 1.90. The number of hydrogen-bond donors (Lipinski definition) is 0. The molecule has 4 nitrogen and oxygen atoms in total. The fourth-order valence-corrected chi connectivity index (χ4v) is 1.85. The number of anilines is 1. The number of amides is 1. The van der Waals surface area contributed by atoms with Crippen molar-refractivity contribution in [2.75, 3.05) is 24.7 Å². The molecule has 1 aromatic rings. The highest BCUT2D eigenvalue weighted by molar-refractivity contribution is 6.00. The Balaban J connectivity index is 2.26. The van der Waals surface area contributed by atoms with Gasteiger partial charge < -0.3 is 9.64 Å². The van der Waals surface area contributed by atoms with E-state index < -0.39 is 5.41 Å². The number of carbonyl (C=O) groups is 1. The van der Waals surface area contributed by atoms with Crippen LogP contribution in [0.1, 0.15) is 6.92 Å². The number of nitriles is 1. The minimum Gasteiger partial charge on any atom is -0.377 e. The highest BCUT2D eigenvalue weighted by Crippen LogP contribution is 2.31. The van der Waals surface area contributed by atoms with Gasteiger partial charge in [0.05, 0.1) is 19.3 Å². The zero-order valence-electron chi connectivity index (χ0n) is 9.72. The van der Waals surface area contributed by atoms with E-state index in [4.69, 9.17) is 10.00 Å². The van der Waals surface area contributed by atoms with E-state index in [0.717, 1.165) is 5.69 Å². The van der Waals surface area contributed by atoms with Gasteiger partial charge in [-0.2, -0.15) is 5.26 Å². The smallest absolute Gasteiger partial charge is 0.252 e. The summed E-state index contributed by atoms with van der Waals surface area (Å²) in [5, 5.41) is 9.12. The van der Waals surface area contributed by atoms with Crippen molar-refractivity contribution in [1.29, 1.82) is 5.26 Å².